The molecule has 0 amide bonds. The van der Waals surface area contributed by atoms with E-state index in [1.54, 1.807) is 0 Å². The van der Waals surface area contributed by atoms with Crippen LogP contribution in [0.5, 0.6) is 0 Å². The van der Waals surface area contributed by atoms with Gasteiger partial charge in [-0.15, -0.1) is 0 Å². The zero-order chi connectivity index (χ0) is 17.0. The van der Waals surface area contributed by atoms with Crippen LogP contribution in [-0.2, 0) is 0 Å². The zero-order valence-corrected chi connectivity index (χ0v) is 16.2. The SMILES string of the molecule is CCCCCCCCNCCNCC(N)CCCCCCCC. The second kappa shape index (κ2) is 19.9. The average Bonchev–Trinajstić information content (AvgIpc) is 2.56. The average molecular weight is 328 g/mol. The van der Waals surface area contributed by atoms with E-state index in [2.05, 4.69) is 24.5 Å². The summed E-state index contributed by atoms with van der Waals surface area (Å²) in [6.07, 6.45) is 17.6. The molecule has 0 bridgehead atoms. The largest absolute Gasteiger partial charge is 0.327 e. The van der Waals surface area contributed by atoms with Gasteiger partial charge in [0.2, 0.25) is 0 Å². The van der Waals surface area contributed by atoms with Crippen LogP contribution in [-0.4, -0.2) is 32.2 Å². The van der Waals surface area contributed by atoms with Gasteiger partial charge in [-0.2, -0.15) is 0 Å². The standard InChI is InChI=1S/C20H45N3/c1-3-5-7-9-11-13-15-20(21)19-23-18-17-22-16-14-12-10-8-6-4-2/h20,22-23H,3-19,21H2,1-2H3. The Hall–Kier alpha value is -0.120. The van der Waals surface area contributed by atoms with Crippen molar-refractivity contribution in [2.75, 3.05) is 26.2 Å². The lowest BCUT2D eigenvalue weighted by Gasteiger charge is -2.13. The van der Waals surface area contributed by atoms with E-state index in [4.69, 9.17) is 5.73 Å². The maximum atomic E-state index is 6.15. The van der Waals surface area contributed by atoms with Crippen molar-refractivity contribution in [2.45, 2.75) is 103 Å². The third-order valence-electron chi connectivity index (χ3n) is 4.52. The molecule has 23 heavy (non-hydrogen) atoms. The third-order valence-corrected chi connectivity index (χ3v) is 4.52. The van der Waals surface area contributed by atoms with Crippen molar-refractivity contribution in [3.05, 3.63) is 0 Å². The van der Waals surface area contributed by atoms with Gasteiger partial charge in [0.1, 0.15) is 0 Å². The summed E-state index contributed by atoms with van der Waals surface area (Å²) in [5.41, 5.74) is 6.15. The van der Waals surface area contributed by atoms with E-state index in [-0.39, 0.29) is 0 Å². The Balaban J connectivity index is 3.10. The number of rotatable bonds is 19. The van der Waals surface area contributed by atoms with E-state index in [1.165, 1.54) is 83.5 Å². The quantitative estimate of drug-likeness (QED) is 0.304. The van der Waals surface area contributed by atoms with E-state index < -0.39 is 0 Å². The summed E-state index contributed by atoms with van der Waals surface area (Å²) in [6, 6.07) is 0.333. The molecule has 1 atom stereocenters. The summed E-state index contributed by atoms with van der Waals surface area (Å²) in [4.78, 5) is 0. The monoisotopic (exact) mass is 327 g/mol. The van der Waals surface area contributed by atoms with E-state index in [0.29, 0.717) is 6.04 Å². The van der Waals surface area contributed by atoms with Crippen LogP contribution in [0.4, 0.5) is 0 Å². The molecule has 1 unspecified atom stereocenters. The molecule has 3 nitrogen and oxygen atoms in total. The lowest BCUT2D eigenvalue weighted by Crippen LogP contribution is -2.37. The Kier molecular flexibility index (Phi) is 19.8. The minimum atomic E-state index is 0.333. The topological polar surface area (TPSA) is 50.1 Å². The minimum absolute atomic E-state index is 0.333. The highest BCUT2D eigenvalue weighted by Gasteiger charge is 2.01. The molecule has 0 saturated heterocycles. The molecule has 0 aliphatic rings. The molecule has 0 aromatic rings. The molecule has 0 aromatic heterocycles. The Morgan fingerprint density at radius 2 is 1.13 bits per heavy atom. The lowest BCUT2D eigenvalue weighted by atomic mass is 10.1. The van der Waals surface area contributed by atoms with Crippen LogP contribution in [0.25, 0.3) is 0 Å². The van der Waals surface area contributed by atoms with Gasteiger partial charge in [-0.25, -0.2) is 0 Å². The van der Waals surface area contributed by atoms with E-state index >= 15 is 0 Å². The van der Waals surface area contributed by atoms with Crippen molar-refractivity contribution in [1.29, 1.82) is 0 Å². The van der Waals surface area contributed by atoms with Gasteiger partial charge in [0.05, 0.1) is 0 Å². The van der Waals surface area contributed by atoms with Gasteiger partial charge in [-0.1, -0.05) is 84.5 Å². The molecule has 0 radical (unpaired) electrons. The van der Waals surface area contributed by atoms with Crippen LogP contribution in [0, 0.1) is 0 Å². The van der Waals surface area contributed by atoms with Crippen LogP contribution in [0.15, 0.2) is 0 Å². The molecule has 0 saturated carbocycles. The normalized spacial score (nSPS) is 12.7. The van der Waals surface area contributed by atoms with Crippen LogP contribution in [0.2, 0.25) is 0 Å². The molecule has 140 valence electrons. The Morgan fingerprint density at radius 1 is 0.609 bits per heavy atom. The summed E-state index contributed by atoms with van der Waals surface area (Å²) in [6.45, 7) is 8.78. The number of unbranched alkanes of at least 4 members (excludes halogenated alkanes) is 10. The fraction of sp³-hybridized carbons (Fsp3) is 1.00. The molecule has 3 heteroatoms. The Labute approximate surface area is 146 Å². The second-order valence-corrected chi connectivity index (χ2v) is 7.04. The molecule has 0 heterocycles. The van der Waals surface area contributed by atoms with E-state index in [1.807, 2.05) is 0 Å². The van der Waals surface area contributed by atoms with Crippen molar-refractivity contribution in [3.8, 4) is 0 Å². The smallest absolute Gasteiger partial charge is 0.0165 e. The fourth-order valence-electron chi connectivity index (χ4n) is 2.91. The highest BCUT2D eigenvalue weighted by molar-refractivity contribution is 4.65. The number of nitrogens with two attached hydrogens (primary N) is 1. The Bertz CT molecular complexity index is 209. The van der Waals surface area contributed by atoms with Gasteiger partial charge in [0.15, 0.2) is 0 Å². The highest BCUT2D eigenvalue weighted by atomic mass is 15.0. The first-order valence-electron chi connectivity index (χ1n) is 10.5. The van der Waals surface area contributed by atoms with Crippen LogP contribution in [0.3, 0.4) is 0 Å². The molecule has 4 N–H and O–H groups in total. The predicted molar refractivity (Wildman–Crippen MR) is 105 cm³/mol. The first-order chi connectivity index (χ1) is 11.3. The third kappa shape index (κ3) is 19.8. The van der Waals surface area contributed by atoms with E-state index in [0.717, 1.165) is 26.2 Å². The summed E-state index contributed by atoms with van der Waals surface area (Å²) in [7, 11) is 0. The molecule has 0 rings (SSSR count). The van der Waals surface area contributed by atoms with Gasteiger partial charge in [0, 0.05) is 25.7 Å². The van der Waals surface area contributed by atoms with E-state index in [9.17, 15) is 0 Å². The maximum Gasteiger partial charge on any atom is 0.0165 e. The molecular weight excluding hydrogens is 282 g/mol. The van der Waals surface area contributed by atoms with Gasteiger partial charge >= 0.3 is 0 Å². The van der Waals surface area contributed by atoms with Crippen molar-refractivity contribution in [2.24, 2.45) is 5.73 Å². The maximum absolute atomic E-state index is 6.15. The van der Waals surface area contributed by atoms with Crippen LogP contribution < -0.4 is 16.4 Å². The summed E-state index contributed by atoms with van der Waals surface area (Å²) >= 11 is 0. The van der Waals surface area contributed by atoms with Crippen molar-refractivity contribution < 1.29 is 0 Å². The number of nitrogens with one attached hydrogen (secondary N) is 2. The van der Waals surface area contributed by atoms with Gasteiger partial charge in [-0.05, 0) is 19.4 Å². The fourth-order valence-corrected chi connectivity index (χ4v) is 2.91. The molecule has 0 aliphatic carbocycles. The van der Waals surface area contributed by atoms with Crippen LogP contribution in [0.1, 0.15) is 97.3 Å². The van der Waals surface area contributed by atoms with Gasteiger partial charge < -0.3 is 16.4 Å². The van der Waals surface area contributed by atoms with Crippen molar-refractivity contribution in [1.82, 2.24) is 10.6 Å². The summed E-state index contributed by atoms with van der Waals surface area (Å²) in [5.74, 6) is 0. The Morgan fingerprint density at radius 3 is 1.78 bits per heavy atom. The lowest BCUT2D eigenvalue weighted by molar-refractivity contribution is 0.495. The van der Waals surface area contributed by atoms with Crippen molar-refractivity contribution >= 4 is 0 Å². The van der Waals surface area contributed by atoms with Gasteiger partial charge in [-0.3, -0.25) is 0 Å². The molecule has 0 aliphatic heterocycles. The predicted octanol–water partition coefficient (Wildman–Crippen LogP) is 4.60. The van der Waals surface area contributed by atoms with Crippen LogP contribution >= 0.6 is 0 Å². The summed E-state index contributed by atoms with van der Waals surface area (Å²) < 4.78 is 0. The van der Waals surface area contributed by atoms with Crippen molar-refractivity contribution in [3.63, 3.8) is 0 Å². The molecular formula is C20H45N3. The zero-order valence-electron chi connectivity index (χ0n) is 16.2. The first kappa shape index (κ1) is 22.9. The number of hydrogen-bond acceptors (Lipinski definition) is 3. The first-order valence-corrected chi connectivity index (χ1v) is 10.5. The van der Waals surface area contributed by atoms with Gasteiger partial charge in [0.25, 0.3) is 0 Å². The molecule has 0 aromatic carbocycles. The molecule has 0 fully saturated rings. The second-order valence-electron chi connectivity index (χ2n) is 7.04. The summed E-state index contributed by atoms with van der Waals surface area (Å²) in [5, 5.41) is 7.00. The highest BCUT2D eigenvalue weighted by Crippen LogP contribution is 2.07. The molecule has 0 spiro atoms. The minimum Gasteiger partial charge on any atom is -0.327 e. The number of hydrogen-bond donors (Lipinski definition) is 3.